The van der Waals surface area contributed by atoms with Gasteiger partial charge in [0.2, 0.25) is 10.0 Å². The molecule has 0 saturated heterocycles. The smallest absolute Gasteiger partial charge is 0.320 e. The van der Waals surface area contributed by atoms with E-state index in [4.69, 9.17) is 0 Å². The van der Waals surface area contributed by atoms with Crippen LogP contribution < -0.4 is 0 Å². The largest absolute Gasteiger partial charge is 0.468 e. The van der Waals surface area contributed by atoms with Crippen LogP contribution in [0.1, 0.15) is 13.3 Å². The summed E-state index contributed by atoms with van der Waals surface area (Å²) in [5.74, 6) is -0.497. The molecular formula is C7H15NO4S. The highest BCUT2D eigenvalue weighted by molar-refractivity contribution is 7.89. The van der Waals surface area contributed by atoms with Crippen molar-refractivity contribution < 1.29 is 17.9 Å². The summed E-state index contributed by atoms with van der Waals surface area (Å²) >= 11 is 0. The first-order valence-corrected chi connectivity index (χ1v) is 5.55. The van der Waals surface area contributed by atoms with Crippen molar-refractivity contribution in [3.05, 3.63) is 0 Å². The second-order valence-corrected chi connectivity index (χ2v) is 4.84. The van der Waals surface area contributed by atoms with Gasteiger partial charge in [0.05, 0.1) is 12.9 Å². The van der Waals surface area contributed by atoms with Gasteiger partial charge in [-0.15, -0.1) is 0 Å². The van der Waals surface area contributed by atoms with E-state index in [9.17, 15) is 13.2 Å². The third-order valence-corrected chi connectivity index (χ3v) is 3.52. The van der Waals surface area contributed by atoms with Gasteiger partial charge in [0.15, 0.2) is 0 Å². The predicted molar refractivity (Wildman–Crippen MR) is 48.7 cm³/mol. The summed E-state index contributed by atoms with van der Waals surface area (Å²) in [6.45, 7) is 1.54. The van der Waals surface area contributed by atoms with Gasteiger partial charge >= 0.3 is 5.97 Å². The lowest BCUT2D eigenvalue weighted by Gasteiger charge is -2.14. The van der Waals surface area contributed by atoms with Crippen molar-refractivity contribution in [1.82, 2.24) is 4.31 Å². The van der Waals surface area contributed by atoms with Crippen molar-refractivity contribution in [1.29, 1.82) is 0 Å². The van der Waals surface area contributed by atoms with Gasteiger partial charge in [-0.3, -0.25) is 4.79 Å². The lowest BCUT2D eigenvalue weighted by Crippen LogP contribution is -2.34. The normalized spacial score (nSPS) is 11.7. The Morgan fingerprint density at radius 3 is 2.38 bits per heavy atom. The van der Waals surface area contributed by atoms with Crippen molar-refractivity contribution in [3.63, 3.8) is 0 Å². The highest BCUT2D eigenvalue weighted by atomic mass is 32.2. The summed E-state index contributed by atoms with van der Waals surface area (Å²) in [6.07, 6.45) is 0.536. The van der Waals surface area contributed by atoms with Gasteiger partial charge in [-0.05, 0) is 6.42 Å². The van der Waals surface area contributed by atoms with E-state index in [2.05, 4.69) is 4.74 Å². The van der Waals surface area contributed by atoms with Crippen molar-refractivity contribution in [2.75, 3.05) is 26.5 Å². The zero-order valence-electron chi connectivity index (χ0n) is 8.11. The van der Waals surface area contributed by atoms with Crippen LogP contribution >= 0.6 is 0 Å². The molecule has 0 N–H and O–H groups in total. The zero-order valence-corrected chi connectivity index (χ0v) is 8.93. The third-order valence-electron chi connectivity index (χ3n) is 1.52. The average molecular weight is 209 g/mol. The van der Waals surface area contributed by atoms with Crippen molar-refractivity contribution in [3.8, 4) is 0 Å². The van der Waals surface area contributed by atoms with Gasteiger partial charge in [0.25, 0.3) is 0 Å². The van der Waals surface area contributed by atoms with E-state index in [-0.39, 0.29) is 12.3 Å². The minimum absolute atomic E-state index is 0.0560. The van der Waals surface area contributed by atoms with E-state index in [1.54, 1.807) is 6.92 Å². The van der Waals surface area contributed by atoms with E-state index >= 15 is 0 Å². The third kappa shape index (κ3) is 4.23. The van der Waals surface area contributed by atoms with Gasteiger partial charge in [-0.1, -0.05) is 6.92 Å². The molecule has 0 bridgehead atoms. The highest BCUT2D eigenvalue weighted by Gasteiger charge is 2.19. The minimum Gasteiger partial charge on any atom is -0.468 e. The maximum Gasteiger partial charge on any atom is 0.320 e. The molecule has 0 rings (SSSR count). The Labute approximate surface area is 78.7 Å². The summed E-state index contributed by atoms with van der Waals surface area (Å²) in [7, 11) is -0.695. The Morgan fingerprint density at radius 1 is 1.46 bits per heavy atom. The Balaban J connectivity index is 4.25. The number of carbonyl (C=O) groups is 1. The van der Waals surface area contributed by atoms with Crippen LogP contribution in [0.4, 0.5) is 0 Å². The van der Waals surface area contributed by atoms with Crippen LogP contribution in [0.2, 0.25) is 0 Å². The molecule has 0 aromatic rings. The first-order valence-electron chi connectivity index (χ1n) is 3.95. The number of likely N-dealkylation sites (N-methyl/N-ethyl adjacent to an activating group) is 1. The number of hydrogen-bond acceptors (Lipinski definition) is 4. The number of sulfonamides is 1. The molecule has 0 aromatic carbocycles. The molecule has 0 spiro atoms. The second-order valence-electron chi connectivity index (χ2n) is 2.65. The van der Waals surface area contributed by atoms with Crippen LogP contribution in [0.5, 0.6) is 0 Å². The fourth-order valence-corrected chi connectivity index (χ4v) is 1.89. The molecule has 5 nitrogen and oxygen atoms in total. The molecule has 78 valence electrons. The van der Waals surface area contributed by atoms with E-state index in [1.165, 1.54) is 14.2 Å². The van der Waals surface area contributed by atoms with Crippen molar-refractivity contribution in [2.45, 2.75) is 13.3 Å². The molecule has 0 aliphatic carbocycles. The summed E-state index contributed by atoms with van der Waals surface area (Å²) < 4.78 is 28.0. The molecule has 0 heterocycles. The van der Waals surface area contributed by atoms with Crippen molar-refractivity contribution in [2.24, 2.45) is 0 Å². The fourth-order valence-electron chi connectivity index (χ4n) is 0.758. The molecule has 0 aromatic heterocycles. The number of nitrogens with zero attached hydrogens (tertiary/aromatic N) is 1. The first kappa shape index (κ1) is 12.4. The van der Waals surface area contributed by atoms with E-state index in [0.29, 0.717) is 6.42 Å². The SMILES string of the molecule is CCCS(=O)(=O)N(C)CC(=O)OC. The van der Waals surface area contributed by atoms with Gasteiger partial charge < -0.3 is 4.74 Å². The number of methoxy groups -OCH3 is 1. The molecule has 6 heteroatoms. The Bertz CT molecular complexity index is 260. The molecule has 0 radical (unpaired) electrons. The van der Waals surface area contributed by atoms with Gasteiger partial charge in [0.1, 0.15) is 6.54 Å². The molecule has 0 unspecified atom stereocenters. The number of ether oxygens (including phenoxy) is 1. The minimum atomic E-state index is -3.28. The number of carbonyl (C=O) groups excluding carboxylic acids is 1. The van der Waals surface area contributed by atoms with E-state index in [0.717, 1.165) is 4.31 Å². The second kappa shape index (κ2) is 5.18. The summed E-state index contributed by atoms with van der Waals surface area (Å²) in [4.78, 5) is 10.7. The summed E-state index contributed by atoms with van der Waals surface area (Å²) in [6, 6.07) is 0. The van der Waals surface area contributed by atoms with E-state index < -0.39 is 16.0 Å². The van der Waals surface area contributed by atoms with E-state index in [1.807, 2.05) is 0 Å². The van der Waals surface area contributed by atoms with Crippen LogP contribution in [0.3, 0.4) is 0 Å². The first-order chi connectivity index (χ1) is 5.94. The summed E-state index contributed by atoms with van der Waals surface area (Å²) in [5.41, 5.74) is 0. The standard InChI is InChI=1S/C7H15NO4S/c1-4-5-13(10,11)8(2)6-7(9)12-3/h4-6H2,1-3H3. The molecule has 0 fully saturated rings. The number of hydrogen-bond donors (Lipinski definition) is 0. The average Bonchev–Trinajstić information content (AvgIpc) is 2.04. The Kier molecular flexibility index (Phi) is 4.94. The van der Waals surface area contributed by atoms with Crippen LogP contribution in [0.25, 0.3) is 0 Å². The monoisotopic (exact) mass is 209 g/mol. The highest BCUT2D eigenvalue weighted by Crippen LogP contribution is 1.99. The molecule has 0 aliphatic heterocycles. The number of esters is 1. The predicted octanol–water partition coefficient (Wildman–Crippen LogP) is -0.169. The Morgan fingerprint density at radius 2 is 2.00 bits per heavy atom. The summed E-state index contributed by atoms with van der Waals surface area (Å²) in [5, 5.41) is 0. The Hall–Kier alpha value is -0.620. The van der Waals surface area contributed by atoms with Crippen LogP contribution in [-0.2, 0) is 19.6 Å². The molecule has 13 heavy (non-hydrogen) atoms. The van der Waals surface area contributed by atoms with Gasteiger partial charge in [0, 0.05) is 7.05 Å². The van der Waals surface area contributed by atoms with Gasteiger partial charge in [-0.25, -0.2) is 8.42 Å². The molecule has 0 aliphatic rings. The van der Waals surface area contributed by atoms with Crippen LogP contribution in [0.15, 0.2) is 0 Å². The molecule has 0 saturated carbocycles. The van der Waals surface area contributed by atoms with Crippen molar-refractivity contribution >= 4 is 16.0 Å². The van der Waals surface area contributed by atoms with Gasteiger partial charge in [-0.2, -0.15) is 4.31 Å². The molecule has 0 amide bonds. The fraction of sp³-hybridized carbons (Fsp3) is 0.857. The van der Waals surface area contributed by atoms with Crippen LogP contribution in [-0.4, -0.2) is 45.1 Å². The molecule has 0 atom stereocenters. The maximum absolute atomic E-state index is 11.3. The topological polar surface area (TPSA) is 63.7 Å². The zero-order chi connectivity index (χ0) is 10.5. The lowest BCUT2D eigenvalue weighted by molar-refractivity contribution is -0.140. The number of rotatable bonds is 5. The molecular weight excluding hydrogens is 194 g/mol. The maximum atomic E-state index is 11.3. The quantitative estimate of drug-likeness (QED) is 0.590. The lowest BCUT2D eigenvalue weighted by atomic mass is 10.6. The van der Waals surface area contributed by atoms with Crippen LogP contribution in [0, 0.1) is 0 Å².